The molecule has 3 saturated heterocycles. The van der Waals surface area contributed by atoms with Crippen LogP contribution in [0.15, 0.2) is 232 Å². The van der Waals surface area contributed by atoms with Crippen molar-refractivity contribution in [3.8, 4) is 44.8 Å². The fourth-order valence-electron chi connectivity index (χ4n) is 20.2. The zero-order valence-electron chi connectivity index (χ0n) is 81.9. The Hall–Kier alpha value is -14.0. The normalized spacial score (nSPS) is 17.1. The lowest BCUT2D eigenvalue weighted by molar-refractivity contribution is 0.0277. The maximum atomic E-state index is 14.9. The van der Waals surface area contributed by atoms with Gasteiger partial charge in [-0.05, 0) is 327 Å². The molecule has 145 heavy (non-hydrogen) atoms. The molecule has 8 aliphatic rings. The van der Waals surface area contributed by atoms with Crippen LogP contribution in [0.25, 0.3) is 94.5 Å². The summed E-state index contributed by atoms with van der Waals surface area (Å²) in [6.45, 7) is 18.1. The number of rotatable bonds is 24. The van der Waals surface area contributed by atoms with E-state index < -0.39 is 11.6 Å². The SMILES string of the molecule is CCn1c(=O)c(-c2ccc(C3CC3)cc2Cl)cc2cnc(Nc3ccc(C4=CCNCC4)cc3)nc21.CCn1c(=O)c(-c2ccc(C3CC3)cc2Cl)cc2cnc(Nc3ccc(C4CCCN(C)C4)cc3)nc21.CCn1c(=O)c(-c2ncc(C3CC3)cc2F)cc2cnc(Nc3ccc(C4CCNCC4)cc3)nc21.CCn1c(=O)c(-c2ncc(C3CC3)cc2F)cc2cnc(Nc3ccc(C4CNCCO4)cc3)nc21. The third-order valence-electron chi connectivity index (χ3n) is 28.9. The summed E-state index contributed by atoms with van der Waals surface area (Å²) in [4.78, 5) is 101. The van der Waals surface area contributed by atoms with Crippen molar-refractivity contribution < 1.29 is 13.5 Å². The molecule has 16 aromatic rings. The first-order valence-corrected chi connectivity index (χ1v) is 51.7. The quantitative estimate of drug-likeness (QED) is 0.0296. The lowest BCUT2D eigenvalue weighted by atomic mass is 9.90. The Labute approximate surface area is 848 Å². The van der Waals surface area contributed by atoms with Crippen molar-refractivity contribution >= 4 is 119 Å². The van der Waals surface area contributed by atoms with E-state index in [2.05, 4.69) is 156 Å². The number of nitrogens with zero attached hydrogens (tertiary/aromatic N) is 15. The van der Waals surface area contributed by atoms with Crippen molar-refractivity contribution in [2.24, 2.45) is 0 Å². The maximum absolute atomic E-state index is 14.9. The molecule has 4 saturated carbocycles. The number of aryl methyl sites for hydroxylation is 4. The molecule has 2 unspecified atom stereocenters. The number of hydrogen-bond acceptors (Lipinski definition) is 23. The topological polar surface area (TPSA) is 314 Å². The molecule has 6 aromatic carbocycles. The average molecular weight is 1980 g/mol. The van der Waals surface area contributed by atoms with Crippen molar-refractivity contribution in [2.75, 3.05) is 87.3 Å². The number of fused-ring (bicyclic) bond motifs is 4. The van der Waals surface area contributed by atoms with Crippen LogP contribution in [-0.2, 0) is 30.9 Å². The van der Waals surface area contributed by atoms with Gasteiger partial charge in [-0.25, -0.2) is 28.7 Å². The van der Waals surface area contributed by atoms with Crippen LogP contribution in [0.3, 0.4) is 0 Å². The van der Waals surface area contributed by atoms with Crippen LogP contribution in [0.1, 0.15) is 197 Å². The highest BCUT2D eigenvalue weighted by molar-refractivity contribution is 6.34. The van der Waals surface area contributed by atoms with Crippen LogP contribution < -0.4 is 59.5 Å². The van der Waals surface area contributed by atoms with E-state index in [4.69, 9.17) is 37.9 Å². The monoisotopic (exact) mass is 1980 g/mol. The van der Waals surface area contributed by atoms with E-state index in [9.17, 15) is 28.0 Å². The van der Waals surface area contributed by atoms with Crippen LogP contribution in [0, 0.1) is 11.6 Å². The second-order valence-corrected chi connectivity index (χ2v) is 39.7. The Morgan fingerprint density at radius 3 is 1.11 bits per heavy atom. The molecular weight excluding hydrogens is 1870 g/mol. The highest BCUT2D eigenvalue weighted by Crippen LogP contribution is 2.46. The number of anilines is 8. The highest BCUT2D eigenvalue weighted by atomic mass is 35.5. The van der Waals surface area contributed by atoms with Crippen LogP contribution >= 0.6 is 23.2 Å². The van der Waals surface area contributed by atoms with Gasteiger partial charge in [0, 0.05) is 166 Å². The van der Waals surface area contributed by atoms with Gasteiger partial charge in [-0.15, -0.1) is 0 Å². The summed E-state index contributed by atoms with van der Waals surface area (Å²) in [6.07, 6.45) is 27.4. The number of benzene rings is 6. The van der Waals surface area contributed by atoms with Crippen LogP contribution in [-0.4, -0.2) is 139 Å². The molecule has 0 amide bonds. The van der Waals surface area contributed by atoms with Crippen molar-refractivity contribution in [1.29, 1.82) is 0 Å². The van der Waals surface area contributed by atoms with Crippen molar-refractivity contribution in [1.82, 2.24) is 89.0 Å². The minimum absolute atomic E-state index is 0.0436. The van der Waals surface area contributed by atoms with Crippen molar-refractivity contribution in [3.63, 3.8) is 0 Å². The number of ether oxygens (including phenoxy) is 1. The molecule has 10 aromatic heterocycles. The average Bonchev–Trinajstić information content (AvgIpc) is 1.54. The Kier molecular flexibility index (Phi) is 28.8. The number of likely N-dealkylation sites (tertiary alicyclic amines) is 1. The first-order chi connectivity index (χ1) is 70.8. The second kappa shape index (κ2) is 43.1. The Bertz CT molecular complexity index is 7610. The van der Waals surface area contributed by atoms with Gasteiger partial charge in [0.15, 0.2) is 0 Å². The third-order valence-corrected chi connectivity index (χ3v) is 29.5. The molecule has 0 spiro atoms. The summed E-state index contributed by atoms with van der Waals surface area (Å²) in [5.74, 6) is 3.94. The summed E-state index contributed by atoms with van der Waals surface area (Å²) in [6, 6.07) is 55.4. The Morgan fingerprint density at radius 1 is 0.372 bits per heavy atom. The minimum atomic E-state index is -0.476. The summed E-state index contributed by atoms with van der Waals surface area (Å²) in [7, 11) is 2.19. The summed E-state index contributed by atoms with van der Waals surface area (Å²) in [5, 5.41) is 27.3. The fourth-order valence-corrected chi connectivity index (χ4v) is 20.8. The molecule has 740 valence electrons. The maximum Gasteiger partial charge on any atom is 0.261 e. The van der Waals surface area contributed by atoms with Gasteiger partial charge < -0.3 is 46.9 Å². The van der Waals surface area contributed by atoms with E-state index in [1.165, 1.54) is 95.2 Å². The van der Waals surface area contributed by atoms with Gasteiger partial charge in [0.1, 0.15) is 45.6 Å². The second-order valence-electron chi connectivity index (χ2n) is 38.9. The zero-order chi connectivity index (χ0) is 99.5. The number of piperidine rings is 2. The predicted octanol–water partition coefficient (Wildman–Crippen LogP) is 22.1. The van der Waals surface area contributed by atoms with Gasteiger partial charge in [0.25, 0.3) is 22.2 Å². The fraction of sp³-hybridized carbons (Fsp3) is 0.333. The largest absolute Gasteiger partial charge is 0.371 e. The standard InChI is InChI=1S/C30H32ClN5O.C29H28ClN5O.C28H29FN6O.C27H27FN6O2/c1-3-36-28-23(15-26(29(36)37)25-13-10-21(16-27(25)31)19-6-7-19)17-32-30(34-28)33-24-11-8-20(9-12-24)22-5-4-14-35(2)18-22;1-2-35-27-22(15-25(28(35)36)24-10-7-21(16-26(24)30)19-3-4-19)17-32-29(34-27)33-23-8-5-18(6-9-23)20-11-13-31-14-12-20;1-2-35-26-21(13-23(27(35)36)25-24(29)14-20(15-31-25)18-3-4-18)16-32-28(34-26)33-22-7-5-17(6-8-22)19-9-11-30-12-10-19;1-2-34-25-19(11-21(26(34)35)24-22(28)12-18(13-30-24)16-3-4-16)14-31-27(33-25)32-20-7-5-17(6-8-20)23-15-29-9-10-36-23/h8-13,15-17,19,22H,3-7,14,18H2,1-2H3,(H,32,33,34);5-11,15-17,19,31H,2-4,12-14H2,1H3,(H,32,33,34);5-8,13-16,18-19,30H,2-4,9-12H2,1H3,(H,32,33,34);5-8,11-14,16,23,29H,2-4,9-10,15H2,1H3,(H,31,32,33). The lowest BCUT2D eigenvalue weighted by Gasteiger charge is -2.30. The Morgan fingerprint density at radius 2 is 0.745 bits per heavy atom. The number of pyridine rings is 6. The molecule has 4 aliphatic carbocycles. The number of nitrogens with one attached hydrogen (secondary N) is 7. The van der Waals surface area contributed by atoms with Gasteiger partial charge in [0.2, 0.25) is 23.8 Å². The lowest BCUT2D eigenvalue weighted by Crippen LogP contribution is -2.33. The molecule has 7 N–H and O–H groups in total. The summed E-state index contributed by atoms with van der Waals surface area (Å²) in [5.41, 5.74) is 18.8. The zero-order valence-corrected chi connectivity index (χ0v) is 83.4. The van der Waals surface area contributed by atoms with E-state index in [-0.39, 0.29) is 50.9 Å². The minimum Gasteiger partial charge on any atom is -0.371 e. The summed E-state index contributed by atoms with van der Waals surface area (Å²) < 4.78 is 42.1. The Balaban J connectivity index is 0.000000114. The third kappa shape index (κ3) is 21.9. The van der Waals surface area contributed by atoms with E-state index in [0.717, 1.165) is 152 Å². The number of halogens is 4. The van der Waals surface area contributed by atoms with E-state index >= 15 is 0 Å². The smallest absolute Gasteiger partial charge is 0.261 e. The molecular formula is C114H116Cl2F2N22O5. The first-order valence-electron chi connectivity index (χ1n) is 50.9. The van der Waals surface area contributed by atoms with Crippen LogP contribution in [0.4, 0.5) is 55.3 Å². The molecule has 7 fully saturated rings. The molecule has 31 heteroatoms. The number of aromatic nitrogens is 14. The number of hydrogen-bond donors (Lipinski definition) is 7. The predicted molar refractivity (Wildman–Crippen MR) is 573 cm³/mol. The first kappa shape index (κ1) is 97.1. The van der Waals surface area contributed by atoms with Crippen molar-refractivity contribution in [2.45, 2.75) is 179 Å². The number of likely N-dealkylation sites (N-methyl/N-ethyl adjacent to an activating group) is 1. The molecule has 14 heterocycles. The van der Waals surface area contributed by atoms with E-state index in [1.807, 2.05) is 113 Å². The van der Waals surface area contributed by atoms with Gasteiger partial charge in [-0.1, -0.05) is 102 Å². The highest BCUT2D eigenvalue weighted by Gasteiger charge is 2.32. The molecule has 4 aliphatic heterocycles. The van der Waals surface area contributed by atoms with E-state index in [0.29, 0.717) is 147 Å². The van der Waals surface area contributed by atoms with Gasteiger partial charge in [-0.2, -0.15) is 19.9 Å². The van der Waals surface area contributed by atoms with E-state index in [1.54, 1.807) is 63.0 Å². The molecule has 24 rings (SSSR count). The van der Waals surface area contributed by atoms with Gasteiger partial charge in [0.05, 0.1) is 23.8 Å². The van der Waals surface area contributed by atoms with Crippen LogP contribution in [0.5, 0.6) is 0 Å². The molecule has 0 bridgehead atoms. The molecule has 27 nitrogen and oxygen atoms in total. The molecule has 0 radical (unpaired) electrons. The van der Waals surface area contributed by atoms with Crippen LogP contribution in [0.2, 0.25) is 10.0 Å². The van der Waals surface area contributed by atoms with Gasteiger partial charge >= 0.3 is 0 Å². The molecule has 2 atom stereocenters. The van der Waals surface area contributed by atoms with Gasteiger partial charge in [-0.3, -0.25) is 47.4 Å². The van der Waals surface area contributed by atoms with Crippen molar-refractivity contribution in [3.05, 3.63) is 321 Å². The number of morpholine rings is 1. The summed E-state index contributed by atoms with van der Waals surface area (Å²) >= 11 is 13.3.